The van der Waals surface area contributed by atoms with Gasteiger partial charge in [0.2, 0.25) is 0 Å². The highest BCUT2D eigenvalue weighted by Gasteiger charge is 2.63. The predicted molar refractivity (Wildman–Crippen MR) is 428 cm³/mol. The van der Waals surface area contributed by atoms with Crippen LogP contribution in [0.2, 0.25) is 0 Å². The lowest BCUT2D eigenvalue weighted by atomic mass is 9.79. The quantitative estimate of drug-likeness (QED) is 0.0492. The standard InChI is InChI=1S/C85H146N6O26/c1-31-63(112-69(94)106-57-33-39-86(25)77(13,14)51(57)3)84(114-71(96)108-59-35-41-88(27)79(17,18)53(59)5,115-72(97)109-60-36-42-89(28)80(19,20)54(60)6)65(92)100-45-75(9,10)67-102-47-83(48-103-67)49-104-68(105-50-83)76(11,12)46-101-66(93)85(116-73(98)110-61-37-43-90(29)81(21,22)55(61)7,117-74(99)111-62-38-44-91(30)82(23,24)56(62)8)64(32-2)113-70(95)107-58-34-40-87(26)78(15,16)52(58)4/h51-64,67-68H,31-50H2,1-30H3. The molecule has 8 rings (SSSR count). The van der Waals surface area contributed by atoms with E-state index in [9.17, 15) is 28.8 Å². The lowest BCUT2D eigenvalue weighted by Crippen LogP contribution is -2.61. The maximum absolute atomic E-state index is 15.6. The zero-order valence-electron chi connectivity index (χ0n) is 76.2. The van der Waals surface area contributed by atoms with Crippen LogP contribution in [0.1, 0.15) is 218 Å². The predicted octanol–water partition coefficient (Wildman–Crippen LogP) is 12.4. The van der Waals surface area contributed by atoms with E-state index in [-0.39, 0.29) is 74.8 Å². The molecule has 672 valence electrons. The van der Waals surface area contributed by atoms with Crippen molar-refractivity contribution < 1.29 is 124 Å². The van der Waals surface area contributed by atoms with Gasteiger partial charge in [-0.2, -0.15) is 0 Å². The number of hydrogen-bond donors (Lipinski definition) is 0. The van der Waals surface area contributed by atoms with Crippen molar-refractivity contribution in [2.24, 2.45) is 51.8 Å². The summed E-state index contributed by atoms with van der Waals surface area (Å²) in [6, 6.07) is 0. The summed E-state index contributed by atoms with van der Waals surface area (Å²) in [6.45, 7) is 48.0. The van der Waals surface area contributed by atoms with Gasteiger partial charge < -0.3 is 115 Å². The molecule has 8 aliphatic heterocycles. The van der Waals surface area contributed by atoms with Crippen LogP contribution in [0.4, 0.5) is 28.8 Å². The highest BCUT2D eigenvalue weighted by Crippen LogP contribution is 2.45. The fourth-order valence-electron chi connectivity index (χ4n) is 17.2. The minimum atomic E-state index is -3.22. The summed E-state index contributed by atoms with van der Waals surface area (Å²) in [6.07, 6.45) is -16.5. The fraction of sp³-hybridized carbons (Fsp3) is 0.906. The van der Waals surface area contributed by atoms with Gasteiger partial charge in [-0.3, -0.25) is 0 Å². The Hall–Kier alpha value is -5.84. The van der Waals surface area contributed by atoms with Gasteiger partial charge in [0.05, 0.1) is 31.8 Å². The zero-order valence-corrected chi connectivity index (χ0v) is 76.2. The molecule has 8 heterocycles. The van der Waals surface area contributed by atoms with Crippen molar-refractivity contribution in [2.75, 3.05) is 121 Å². The first-order chi connectivity index (χ1) is 54.0. The largest absolute Gasteiger partial charge is 0.512 e. The first-order valence-corrected chi connectivity index (χ1v) is 42.4. The number of likely N-dealkylation sites (tertiary alicyclic amines) is 6. The van der Waals surface area contributed by atoms with E-state index >= 15 is 9.59 Å². The summed E-state index contributed by atoms with van der Waals surface area (Å²) < 4.78 is 111. The van der Waals surface area contributed by atoms with Crippen LogP contribution in [0.5, 0.6) is 0 Å². The van der Waals surface area contributed by atoms with E-state index in [4.69, 9.17) is 85.3 Å². The van der Waals surface area contributed by atoms with Gasteiger partial charge in [-0.25, -0.2) is 38.4 Å². The third-order valence-corrected chi connectivity index (χ3v) is 30.1. The second kappa shape index (κ2) is 37.1. The van der Waals surface area contributed by atoms with Crippen LogP contribution >= 0.6 is 0 Å². The minimum Gasteiger partial charge on any atom is -0.459 e. The number of nitrogens with zero attached hydrogens (tertiary/aromatic N) is 6. The molecule has 32 heteroatoms. The highest BCUT2D eigenvalue weighted by molar-refractivity contribution is 5.85. The third kappa shape index (κ3) is 20.9. The highest BCUT2D eigenvalue weighted by atomic mass is 16.9. The molecule has 0 radical (unpaired) electrons. The maximum atomic E-state index is 15.6. The molecule has 0 saturated carbocycles. The van der Waals surface area contributed by atoms with Crippen LogP contribution in [0.25, 0.3) is 0 Å². The van der Waals surface area contributed by atoms with E-state index in [0.29, 0.717) is 77.8 Å². The van der Waals surface area contributed by atoms with Gasteiger partial charge in [0.25, 0.3) is 0 Å². The van der Waals surface area contributed by atoms with E-state index in [1.807, 2.05) is 167 Å². The number of piperidine rings is 6. The molecule has 117 heavy (non-hydrogen) atoms. The molecule has 14 atom stereocenters. The normalized spacial score (nSPS) is 33.2. The van der Waals surface area contributed by atoms with Gasteiger partial charge in [0.1, 0.15) is 49.8 Å². The molecule has 0 aliphatic carbocycles. The van der Waals surface area contributed by atoms with Crippen molar-refractivity contribution in [3.05, 3.63) is 0 Å². The molecule has 0 amide bonds. The summed E-state index contributed by atoms with van der Waals surface area (Å²) in [5.74, 6) is -10.8. The fourth-order valence-corrected chi connectivity index (χ4v) is 17.2. The second-order valence-corrected chi connectivity index (χ2v) is 39.7. The summed E-state index contributed by atoms with van der Waals surface area (Å²) in [5, 5.41) is 0. The van der Waals surface area contributed by atoms with Crippen molar-refractivity contribution in [1.29, 1.82) is 0 Å². The Balaban J connectivity index is 1.02. The van der Waals surface area contributed by atoms with Crippen molar-refractivity contribution in [1.82, 2.24) is 29.4 Å². The minimum absolute atomic E-state index is 0.0231. The van der Waals surface area contributed by atoms with E-state index in [0.717, 1.165) is 0 Å². The monoisotopic (exact) mass is 1670 g/mol. The van der Waals surface area contributed by atoms with Crippen LogP contribution in [0, 0.1) is 51.8 Å². The molecular formula is C85H146N6O26. The van der Waals surface area contributed by atoms with E-state index in [2.05, 4.69) is 29.4 Å². The number of hydrogen-bond acceptors (Lipinski definition) is 32. The first-order valence-electron chi connectivity index (χ1n) is 42.4. The van der Waals surface area contributed by atoms with Crippen molar-refractivity contribution in [3.8, 4) is 0 Å². The number of esters is 2. The lowest BCUT2D eigenvalue weighted by Gasteiger charge is -2.49. The molecule has 0 aromatic rings. The van der Waals surface area contributed by atoms with Crippen LogP contribution in [0.15, 0.2) is 0 Å². The zero-order chi connectivity index (χ0) is 87.7. The summed E-state index contributed by atoms with van der Waals surface area (Å²) in [5.41, 5.74) is -6.07. The van der Waals surface area contributed by atoms with Gasteiger partial charge in [-0.15, -0.1) is 0 Å². The molecule has 8 aliphatic rings. The Labute approximate surface area is 695 Å². The van der Waals surface area contributed by atoms with Crippen molar-refractivity contribution in [2.45, 2.75) is 324 Å². The summed E-state index contributed by atoms with van der Waals surface area (Å²) in [7, 11) is 11.9. The number of carbonyl (C=O) groups excluding carboxylic acids is 8. The molecule has 1 spiro atoms. The molecule has 14 unspecified atom stereocenters. The summed E-state index contributed by atoms with van der Waals surface area (Å²) >= 11 is 0. The Morgan fingerprint density at radius 1 is 0.333 bits per heavy atom. The molecule has 0 aromatic heterocycles. The smallest absolute Gasteiger partial charge is 0.459 e. The number of carbonyl (C=O) groups is 8. The third-order valence-electron chi connectivity index (χ3n) is 30.1. The van der Waals surface area contributed by atoms with E-state index < -0.39 is 185 Å². The second-order valence-electron chi connectivity index (χ2n) is 39.7. The average Bonchev–Trinajstić information content (AvgIpc) is 0.770. The van der Waals surface area contributed by atoms with Crippen LogP contribution < -0.4 is 0 Å². The molecular weight excluding hydrogens is 1520 g/mol. The van der Waals surface area contributed by atoms with Crippen molar-refractivity contribution >= 4 is 48.9 Å². The Bertz CT molecular complexity index is 3100. The number of ether oxygens (including phenoxy) is 18. The first kappa shape index (κ1) is 96.6. The molecule has 0 bridgehead atoms. The Morgan fingerprint density at radius 2 is 0.521 bits per heavy atom. The Kier molecular flexibility index (Phi) is 30.6. The van der Waals surface area contributed by atoms with Crippen LogP contribution in [-0.4, -0.2) is 306 Å². The number of rotatable bonds is 24. The van der Waals surface area contributed by atoms with Crippen LogP contribution in [-0.2, 0) is 94.9 Å². The molecule has 8 saturated heterocycles. The topological polar surface area (TPSA) is 322 Å². The SMILES string of the molecule is CCC(OC(=O)OC1CCN(C)C(C)(C)C1C)C(OC(=O)OC1CCN(C)C(C)(C)C1C)(OC(=O)OC1CCN(C)C(C)(C)C1C)C(=O)OCC(C)(C)C1OCC2(CO1)COC(C(C)(C)COC(=O)C(OC(=O)OC1CCN(C)C(C)(C)C1C)(OC(=O)OC1CCN(C)C(C)(C)C1C)C(CC)OC(=O)OC1CCN(C)C(C)(C)C1C)OC2. The molecule has 0 N–H and O–H groups in total. The van der Waals surface area contributed by atoms with E-state index in [1.165, 1.54) is 0 Å². The molecule has 0 aromatic carbocycles. The Morgan fingerprint density at radius 3 is 0.709 bits per heavy atom. The average molecular weight is 1670 g/mol. The van der Waals surface area contributed by atoms with Gasteiger partial charge in [0, 0.05) is 119 Å². The van der Waals surface area contributed by atoms with Gasteiger partial charge in [-0.1, -0.05) is 83.1 Å². The van der Waals surface area contributed by atoms with Crippen LogP contribution in [0.3, 0.4) is 0 Å². The molecule has 32 nitrogen and oxygen atoms in total. The van der Waals surface area contributed by atoms with Gasteiger partial charge in [-0.05, 0) is 177 Å². The van der Waals surface area contributed by atoms with E-state index in [1.54, 1.807) is 41.5 Å². The maximum Gasteiger partial charge on any atom is 0.512 e. The van der Waals surface area contributed by atoms with Gasteiger partial charge in [0.15, 0.2) is 24.8 Å². The van der Waals surface area contributed by atoms with Crippen molar-refractivity contribution in [3.63, 3.8) is 0 Å². The molecule has 8 fully saturated rings. The lowest BCUT2D eigenvalue weighted by molar-refractivity contribution is -0.338. The summed E-state index contributed by atoms with van der Waals surface area (Å²) in [4.78, 5) is 132. The van der Waals surface area contributed by atoms with Gasteiger partial charge >= 0.3 is 60.4 Å².